The van der Waals surface area contributed by atoms with Gasteiger partial charge < -0.3 is 20.5 Å². The number of carbonyl (C=O) groups excluding carboxylic acids is 1. The minimum atomic E-state index is -1.06. The highest BCUT2D eigenvalue weighted by Gasteiger charge is 2.45. The first-order chi connectivity index (χ1) is 8.53. The Morgan fingerprint density at radius 2 is 2.11 bits per heavy atom. The van der Waals surface area contributed by atoms with Crippen LogP contribution in [-0.2, 0) is 9.53 Å². The predicted molar refractivity (Wildman–Crippen MR) is 64.3 cm³/mol. The summed E-state index contributed by atoms with van der Waals surface area (Å²) in [5.41, 5.74) is -1.06. The highest BCUT2D eigenvalue weighted by Crippen LogP contribution is 2.31. The Labute approximate surface area is 106 Å². The molecule has 2 atom stereocenters. The molecule has 102 valence electrons. The molecule has 0 aromatic rings. The number of carboxylic acids is 1. The van der Waals surface area contributed by atoms with E-state index in [0.29, 0.717) is 12.8 Å². The number of carbonyl (C=O) groups is 2. The zero-order valence-electron chi connectivity index (χ0n) is 10.6. The van der Waals surface area contributed by atoms with Crippen molar-refractivity contribution in [2.24, 2.45) is 0 Å². The number of urea groups is 1. The van der Waals surface area contributed by atoms with Crippen LogP contribution in [0.1, 0.15) is 39.0 Å². The Balaban J connectivity index is 1.82. The van der Waals surface area contributed by atoms with E-state index in [1.807, 2.05) is 6.92 Å². The average molecular weight is 256 g/mol. The fraction of sp³-hybridized carbons (Fsp3) is 0.833. The van der Waals surface area contributed by atoms with Crippen molar-refractivity contribution < 1.29 is 19.4 Å². The van der Waals surface area contributed by atoms with Gasteiger partial charge >= 0.3 is 12.0 Å². The lowest BCUT2D eigenvalue weighted by molar-refractivity contribution is -0.148. The number of hydrogen-bond donors (Lipinski definition) is 3. The molecule has 1 saturated heterocycles. The van der Waals surface area contributed by atoms with Gasteiger partial charge in [0.05, 0.1) is 12.1 Å². The summed E-state index contributed by atoms with van der Waals surface area (Å²) in [5.74, 6) is -0.950. The minimum absolute atomic E-state index is 0.0397. The summed E-state index contributed by atoms with van der Waals surface area (Å²) in [7, 11) is 0. The first-order valence-corrected chi connectivity index (χ1v) is 6.47. The largest absolute Gasteiger partial charge is 0.480 e. The third-order valence-corrected chi connectivity index (χ3v) is 3.85. The van der Waals surface area contributed by atoms with E-state index in [9.17, 15) is 9.59 Å². The van der Waals surface area contributed by atoms with Gasteiger partial charge in [0.1, 0.15) is 5.54 Å². The molecule has 2 fully saturated rings. The lowest BCUT2D eigenvalue weighted by atomic mass is 9.77. The molecule has 2 aliphatic rings. The van der Waals surface area contributed by atoms with Crippen molar-refractivity contribution in [1.29, 1.82) is 0 Å². The molecule has 0 spiro atoms. The first-order valence-electron chi connectivity index (χ1n) is 6.47. The SMILES string of the molecule is CC(NC(=O)NC1(C(=O)O)CCC1)C1CCCO1. The summed E-state index contributed by atoms with van der Waals surface area (Å²) in [5, 5.41) is 14.5. The zero-order valence-corrected chi connectivity index (χ0v) is 10.6. The first kappa shape index (κ1) is 13.1. The molecule has 6 heteroatoms. The molecule has 2 amide bonds. The van der Waals surface area contributed by atoms with Gasteiger partial charge in [-0.3, -0.25) is 0 Å². The summed E-state index contributed by atoms with van der Waals surface area (Å²) in [6.07, 6.45) is 3.84. The maximum absolute atomic E-state index is 11.8. The van der Waals surface area contributed by atoms with Gasteiger partial charge in [0, 0.05) is 6.61 Å². The molecule has 1 saturated carbocycles. The van der Waals surface area contributed by atoms with E-state index in [0.717, 1.165) is 25.9 Å². The molecule has 18 heavy (non-hydrogen) atoms. The van der Waals surface area contributed by atoms with Gasteiger partial charge in [-0.2, -0.15) is 0 Å². The molecular weight excluding hydrogens is 236 g/mol. The quantitative estimate of drug-likeness (QED) is 0.696. The molecule has 1 heterocycles. The Bertz CT molecular complexity index is 335. The molecule has 0 aromatic heterocycles. The van der Waals surface area contributed by atoms with Crippen LogP contribution in [0, 0.1) is 0 Å². The van der Waals surface area contributed by atoms with Crippen LogP contribution in [-0.4, -0.2) is 41.4 Å². The zero-order chi connectivity index (χ0) is 13.2. The van der Waals surface area contributed by atoms with Crippen LogP contribution < -0.4 is 10.6 Å². The second-order valence-electron chi connectivity index (χ2n) is 5.18. The lowest BCUT2D eigenvalue weighted by Crippen LogP contribution is -2.62. The van der Waals surface area contributed by atoms with Crippen LogP contribution in [0.4, 0.5) is 4.79 Å². The third kappa shape index (κ3) is 2.58. The summed E-state index contributed by atoms with van der Waals surface area (Å²) in [4.78, 5) is 22.9. The fourth-order valence-electron chi connectivity index (χ4n) is 2.47. The van der Waals surface area contributed by atoms with Crippen LogP contribution in [0.5, 0.6) is 0 Å². The number of ether oxygens (including phenoxy) is 1. The van der Waals surface area contributed by atoms with Crippen molar-refractivity contribution in [3.8, 4) is 0 Å². The van der Waals surface area contributed by atoms with Gasteiger partial charge in [-0.05, 0) is 39.0 Å². The van der Waals surface area contributed by atoms with Crippen LogP contribution in [0.25, 0.3) is 0 Å². The van der Waals surface area contributed by atoms with Gasteiger partial charge in [-0.25, -0.2) is 9.59 Å². The lowest BCUT2D eigenvalue weighted by Gasteiger charge is -2.38. The summed E-state index contributed by atoms with van der Waals surface area (Å²) < 4.78 is 5.47. The van der Waals surface area contributed by atoms with Gasteiger partial charge in [0.2, 0.25) is 0 Å². The summed E-state index contributed by atoms with van der Waals surface area (Å²) in [6.45, 7) is 2.61. The van der Waals surface area contributed by atoms with Gasteiger partial charge in [-0.15, -0.1) is 0 Å². The van der Waals surface area contributed by atoms with Gasteiger partial charge in [0.25, 0.3) is 0 Å². The topological polar surface area (TPSA) is 87.7 Å². The predicted octanol–water partition coefficient (Wildman–Crippen LogP) is 0.860. The Morgan fingerprint density at radius 1 is 1.39 bits per heavy atom. The van der Waals surface area contributed by atoms with E-state index in [-0.39, 0.29) is 12.1 Å². The molecule has 0 aromatic carbocycles. The molecule has 3 N–H and O–H groups in total. The number of amides is 2. The minimum Gasteiger partial charge on any atom is -0.480 e. The second-order valence-corrected chi connectivity index (χ2v) is 5.18. The summed E-state index contributed by atoms with van der Waals surface area (Å²) in [6, 6.07) is -0.515. The van der Waals surface area contributed by atoms with E-state index < -0.39 is 17.5 Å². The van der Waals surface area contributed by atoms with Crippen molar-refractivity contribution in [2.75, 3.05) is 6.61 Å². The van der Waals surface area contributed by atoms with E-state index in [4.69, 9.17) is 9.84 Å². The Morgan fingerprint density at radius 3 is 2.56 bits per heavy atom. The maximum atomic E-state index is 11.8. The van der Waals surface area contributed by atoms with Crippen molar-refractivity contribution in [1.82, 2.24) is 10.6 Å². The van der Waals surface area contributed by atoms with Crippen LogP contribution >= 0.6 is 0 Å². The smallest absolute Gasteiger partial charge is 0.329 e. The Hall–Kier alpha value is -1.30. The third-order valence-electron chi connectivity index (χ3n) is 3.85. The Kier molecular flexibility index (Phi) is 3.75. The van der Waals surface area contributed by atoms with Crippen LogP contribution in [0.15, 0.2) is 0 Å². The van der Waals surface area contributed by atoms with E-state index in [1.165, 1.54) is 0 Å². The van der Waals surface area contributed by atoms with Gasteiger partial charge in [-0.1, -0.05) is 0 Å². The molecule has 6 nitrogen and oxygen atoms in total. The number of rotatable bonds is 4. The van der Waals surface area contributed by atoms with Crippen molar-refractivity contribution in [3.05, 3.63) is 0 Å². The van der Waals surface area contributed by atoms with E-state index in [2.05, 4.69) is 10.6 Å². The highest BCUT2D eigenvalue weighted by atomic mass is 16.5. The number of carboxylic acid groups (broad SMARTS) is 1. The summed E-state index contributed by atoms with van der Waals surface area (Å²) >= 11 is 0. The van der Waals surface area contributed by atoms with Crippen LogP contribution in [0.3, 0.4) is 0 Å². The average Bonchev–Trinajstić information content (AvgIpc) is 2.76. The number of aliphatic carboxylic acids is 1. The fourth-order valence-corrected chi connectivity index (χ4v) is 2.47. The molecule has 2 rings (SSSR count). The number of hydrogen-bond acceptors (Lipinski definition) is 3. The second kappa shape index (κ2) is 5.14. The van der Waals surface area contributed by atoms with Gasteiger partial charge in [0.15, 0.2) is 0 Å². The normalized spacial score (nSPS) is 27.1. The highest BCUT2D eigenvalue weighted by molar-refractivity contribution is 5.87. The monoisotopic (exact) mass is 256 g/mol. The molecule has 1 aliphatic carbocycles. The van der Waals surface area contributed by atoms with Crippen molar-refractivity contribution >= 4 is 12.0 Å². The van der Waals surface area contributed by atoms with E-state index >= 15 is 0 Å². The molecule has 1 aliphatic heterocycles. The van der Waals surface area contributed by atoms with Crippen molar-refractivity contribution in [2.45, 2.75) is 56.7 Å². The van der Waals surface area contributed by atoms with Crippen molar-refractivity contribution in [3.63, 3.8) is 0 Å². The maximum Gasteiger partial charge on any atom is 0.329 e. The molecule has 2 unspecified atom stereocenters. The molecule has 0 radical (unpaired) electrons. The van der Waals surface area contributed by atoms with E-state index in [1.54, 1.807) is 0 Å². The van der Waals surface area contributed by atoms with Crippen LogP contribution in [0.2, 0.25) is 0 Å². The standard InChI is InChI=1S/C12H20N2O4/c1-8(9-4-2-7-18-9)13-11(17)14-12(10(15)16)5-3-6-12/h8-9H,2-7H2,1H3,(H,15,16)(H2,13,14,17). The molecule has 0 bridgehead atoms. The number of nitrogens with one attached hydrogen (secondary N) is 2. The molecular formula is C12H20N2O4.